The summed E-state index contributed by atoms with van der Waals surface area (Å²) in [6.07, 6.45) is 6.06. The molecule has 0 bridgehead atoms. The van der Waals surface area contributed by atoms with Gasteiger partial charge in [-0.15, -0.1) is 0 Å². The van der Waals surface area contributed by atoms with E-state index in [-0.39, 0.29) is 19.0 Å². The van der Waals surface area contributed by atoms with Gasteiger partial charge in [0.15, 0.2) is 12.4 Å². The number of nitrogens with zero attached hydrogens (tertiary/aromatic N) is 2. The van der Waals surface area contributed by atoms with Crippen molar-refractivity contribution in [2.24, 2.45) is 0 Å². The van der Waals surface area contributed by atoms with Crippen molar-refractivity contribution in [2.75, 3.05) is 7.05 Å². The molecule has 5 heteroatoms. The Labute approximate surface area is 154 Å². The van der Waals surface area contributed by atoms with Gasteiger partial charge in [-0.1, -0.05) is 31.5 Å². The fraction of sp³-hybridized carbons (Fsp3) is 0.400. The highest BCUT2D eigenvalue weighted by Crippen LogP contribution is 2.22. The first-order valence-electron chi connectivity index (χ1n) is 8.62. The Balaban J connectivity index is 2.01. The molecule has 0 unspecified atom stereocenters. The molecule has 0 atom stereocenters. The van der Waals surface area contributed by atoms with Crippen LogP contribution in [0.1, 0.15) is 43.7 Å². The van der Waals surface area contributed by atoms with Crippen LogP contribution in [-0.2, 0) is 17.9 Å². The van der Waals surface area contributed by atoms with Crippen LogP contribution in [0.5, 0.6) is 0 Å². The molecule has 0 aliphatic rings. The van der Waals surface area contributed by atoms with Crippen LogP contribution < -0.4 is 4.57 Å². The first-order valence-corrected chi connectivity index (χ1v) is 8.99. The van der Waals surface area contributed by atoms with Crippen LogP contribution in [0.2, 0.25) is 5.02 Å². The number of benzene rings is 1. The molecule has 0 saturated heterocycles. The minimum absolute atomic E-state index is 0.0976. The Kier molecular flexibility index (Phi) is 6.94. The van der Waals surface area contributed by atoms with E-state index in [1.165, 1.54) is 16.5 Å². The van der Waals surface area contributed by atoms with Crippen LogP contribution >= 0.6 is 11.6 Å². The zero-order valence-electron chi connectivity index (χ0n) is 15.0. The van der Waals surface area contributed by atoms with E-state index in [1.54, 1.807) is 19.2 Å². The minimum Gasteiger partial charge on any atom is -0.336 e. The van der Waals surface area contributed by atoms with Crippen molar-refractivity contribution in [1.82, 2.24) is 4.90 Å². The number of likely N-dealkylation sites (N-methyl/N-ethyl adjacent to an activating group) is 1. The lowest BCUT2D eigenvalue weighted by Gasteiger charge is -2.17. The summed E-state index contributed by atoms with van der Waals surface area (Å²) in [6, 6.07) is 8.67. The smallest absolute Gasteiger partial charge is 0.288 e. The van der Waals surface area contributed by atoms with Crippen LogP contribution in [-0.4, -0.2) is 17.9 Å². The largest absolute Gasteiger partial charge is 0.336 e. The topological polar surface area (TPSA) is 24.2 Å². The fourth-order valence-corrected chi connectivity index (χ4v) is 3.11. The number of hydrogen-bond donors (Lipinski definition) is 0. The predicted molar refractivity (Wildman–Crippen MR) is 97.8 cm³/mol. The van der Waals surface area contributed by atoms with Gasteiger partial charge in [0.2, 0.25) is 6.54 Å². The lowest BCUT2D eigenvalue weighted by Crippen LogP contribution is -2.43. The van der Waals surface area contributed by atoms with Crippen LogP contribution in [0.4, 0.5) is 4.39 Å². The molecule has 2 aromatic rings. The average molecular weight is 364 g/mol. The summed E-state index contributed by atoms with van der Waals surface area (Å²) in [7, 11) is 1.66. The lowest BCUT2D eigenvalue weighted by atomic mass is 9.95. The summed E-state index contributed by atoms with van der Waals surface area (Å²) in [6.45, 7) is 4.73. The molecule has 0 spiro atoms. The maximum absolute atomic E-state index is 13.9. The molecule has 1 aromatic carbocycles. The molecule has 0 radical (unpaired) electrons. The molecule has 1 heterocycles. The fourth-order valence-electron chi connectivity index (χ4n) is 2.89. The molecule has 0 N–H and O–H groups in total. The zero-order chi connectivity index (χ0) is 18.4. The van der Waals surface area contributed by atoms with E-state index in [2.05, 4.69) is 26.0 Å². The maximum atomic E-state index is 13.9. The summed E-state index contributed by atoms with van der Waals surface area (Å²) >= 11 is 6.03. The Hall–Kier alpha value is -1.94. The van der Waals surface area contributed by atoms with Crippen molar-refractivity contribution in [3.8, 4) is 0 Å². The number of rotatable bonds is 7. The molecular formula is C20H25ClFN2O+. The van der Waals surface area contributed by atoms with Gasteiger partial charge in [-0.2, -0.15) is 4.57 Å². The van der Waals surface area contributed by atoms with Crippen LogP contribution in [0.3, 0.4) is 0 Å². The molecule has 134 valence electrons. The number of hydrogen-bond acceptors (Lipinski definition) is 1. The van der Waals surface area contributed by atoms with E-state index >= 15 is 0 Å². The SMILES string of the molecule is CCC(CC)c1cc[n+](CC(=O)N(C)Cc2c(F)cccc2Cl)cc1. The number of amides is 1. The monoisotopic (exact) mass is 363 g/mol. The highest BCUT2D eigenvalue weighted by Gasteiger charge is 2.18. The summed E-state index contributed by atoms with van der Waals surface area (Å²) in [4.78, 5) is 13.9. The Bertz CT molecular complexity index is 694. The van der Waals surface area contributed by atoms with Crippen molar-refractivity contribution in [2.45, 2.75) is 45.7 Å². The molecule has 0 saturated carbocycles. The van der Waals surface area contributed by atoms with Gasteiger partial charge in [0, 0.05) is 36.3 Å². The first kappa shape index (κ1) is 19.4. The van der Waals surface area contributed by atoms with Gasteiger partial charge in [0.25, 0.3) is 5.91 Å². The molecular weight excluding hydrogens is 339 g/mol. The zero-order valence-corrected chi connectivity index (χ0v) is 15.8. The highest BCUT2D eigenvalue weighted by molar-refractivity contribution is 6.31. The third-order valence-corrected chi connectivity index (χ3v) is 4.93. The average Bonchev–Trinajstić information content (AvgIpc) is 2.60. The van der Waals surface area contributed by atoms with Crippen LogP contribution in [0.25, 0.3) is 0 Å². The van der Waals surface area contributed by atoms with Gasteiger partial charge < -0.3 is 4.90 Å². The summed E-state index contributed by atoms with van der Waals surface area (Å²) in [5.74, 6) is 0.0603. The molecule has 0 aliphatic heterocycles. The van der Waals surface area contributed by atoms with E-state index in [9.17, 15) is 9.18 Å². The van der Waals surface area contributed by atoms with Crippen LogP contribution in [0.15, 0.2) is 42.7 Å². The minimum atomic E-state index is -0.394. The number of pyridine rings is 1. The van der Waals surface area contributed by atoms with Crippen molar-refractivity contribution in [1.29, 1.82) is 0 Å². The summed E-state index contributed by atoms with van der Waals surface area (Å²) in [5.41, 5.74) is 1.63. The second kappa shape index (κ2) is 8.95. The maximum Gasteiger partial charge on any atom is 0.288 e. The van der Waals surface area contributed by atoms with Crippen molar-refractivity contribution in [3.05, 3.63) is 64.7 Å². The molecule has 25 heavy (non-hydrogen) atoms. The second-order valence-electron chi connectivity index (χ2n) is 6.27. The number of carbonyl (C=O) groups excluding carboxylic acids is 1. The standard InChI is InChI=1S/C20H25ClFN2O/c1-4-15(5-2)16-9-11-24(12-10-16)14-20(25)23(3)13-17-18(21)7-6-8-19(17)22/h6-12,15H,4-5,13-14H2,1-3H3/q+1. The quantitative estimate of drug-likeness (QED) is 0.672. The number of aromatic nitrogens is 1. The van der Waals surface area contributed by atoms with E-state index in [4.69, 9.17) is 11.6 Å². The Morgan fingerprint density at radius 3 is 2.40 bits per heavy atom. The Morgan fingerprint density at radius 1 is 1.20 bits per heavy atom. The number of halogens is 2. The second-order valence-corrected chi connectivity index (χ2v) is 6.67. The van der Waals surface area contributed by atoms with E-state index < -0.39 is 5.82 Å². The van der Waals surface area contributed by atoms with E-state index in [0.29, 0.717) is 16.5 Å². The van der Waals surface area contributed by atoms with Gasteiger partial charge in [-0.3, -0.25) is 4.79 Å². The molecule has 3 nitrogen and oxygen atoms in total. The first-order chi connectivity index (χ1) is 12.0. The highest BCUT2D eigenvalue weighted by atomic mass is 35.5. The Morgan fingerprint density at radius 2 is 1.84 bits per heavy atom. The van der Waals surface area contributed by atoms with Gasteiger partial charge >= 0.3 is 0 Å². The van der Waals surface area contributed by atoms with E-state index in [0.717, 1.165) is 12.8 Å². The van der Waals surface area contributed by atoms with E-state index in [1.807, 2.05) is 17.0 Å². The molecule has 1 amide bonds. The molecule has 1 aromatic heterocycles. The van der Waals surface area contributed by atoms with Crippen molar-refractivity contribution >= 4 is 17.5 Å². The van der Waals surface area contributed by atoms with Crippen LogP contribution in [0, 0.1) is 5.82 Å². The molecule has 2 rings (SSSR count). The third-order valence-electron chi connectivity index (χ3n) is 4.57. The third kappa shape index (κ3) is 5.02. The normalized spacial score (nSPS) is 11.0. The van der Waals surface area contributed by atoms with Gasteiger partial charge in [0.1, 0.15) is 5.82 Å². The summed E-state index contributed by atoms with van der Waals surface area (Å²) < 4.78 is 15.7. The van der Waals surface area contributed by atoms with Gasteiger partial charge in [-0.25, -0.2) is 4.39 Å². The number of carbonyl (C=O) groups is 1. The lowest BCUT2D eigenvalue weighted by molar-refractivity contribution is -0.685. The van der Waals surface area contributed by atoms with Crippen molar-refractivity contribution in [3.63, 3.8) is 0 Å². The predicted octanol–water partition coefficient (Wildman–Crippen LogP) is 4.33. The van der Waals surface area contributed by atoms with Gasteiger partial charge in [0.05, 0.1) is 0 Å². The molecule has 0 aliphatic carbocycles. The molecule has 0 fully saturated rings. The van der Waals surface area contributed by atoms with Gasteiger partial charge in [-0.05, 0) is 36.5 Å². The summed E-state index contributed by atoms with van der Waals surface area (Å²) in [5, 5.41) is 0.335. The van der Waals surface area contributed by atoms with Crippen molar-refractivity contribution < 1.29 is 13.8 Å².